The molecule has 128 valence electrons. The van der Waals surface area contributed by atoms with Gasteiger partial charge in [-0.2, -0.15) is 4.98 Å². The molecule has 1 aromatic carbocycles. The number of benzene rings is 1. The molecule has 1 amide bonds. The van der Waals surface area contributed by atoms with Crippen LogP contribution in [0.25, 0.3) is 0 Å². The minimum absolute atomic E-state index is 0.0512. The van der Waals surface area contributed by atoms with Crippen molar-refractivity contribution in [2.45, 2.75) is 25.1 Å². The molecule has 1 aromatic heterocycles. The Labute approximate surface area is 135 Å². The molecule has 1 atom stereocenters. The summed E-state index contributed by atoms with van der Waals surface area (Å²) in [7, 11) is 0. The van der Waals surface area contributed by atoms with Gasteiger partial charge in [0.05, 0.1) is 6.42 Å². The summed E-state index contributed by atoms with van der Waals surface area (Å²) >= 11 is 0. The van der Waals surface area contributed by atoms with Crippen molar-refractivity contribution in [2.75, 3.05) is 13.1 Å². The molecule has 0 aliphatic carbocycles. The lowest BCUT2D eigenvalue weighted by molar-refractivity contribution is -0.274. The molecule has 0 radical (unpaired) electrons. The largest absolute Gasteiger partial charge is 0.573 e. The van der Waals surface area contributed by atoms with Gasteiger partial charge in [-0.25, -0.2) is 0 Å². The molecule has 1 saturated heterocycles. The van der Waals surface area contributed by atoms with Crippen LogP contribution in [0.2, 0.25) is 0 Å². The van der Waals surface area contributed by atoms with Gasteiger partial charge < -0.3 is 14.2 Å². The summed E-state index contributed by atoms with van der Waals surface area (Å²) in [6, 6.07) is 5.29. The van der Waals surface area contributed by atoms with E-state index in [1.807, 2.05) is 0 Å². The zero-order chi connectivity index (χ0) is 17.2. The second-order valence-electron chi connectivity index (χ2n) is 5.48. The zero-order valence-corrected chi connectivity index (χ0v) is 12.5. The molecule has 0 N–H and O–H groups in total. The number of likely N-dealkylation sites (tertiary alicyclic amines) is 1. The Balaban J connectivity index is 1.55. The van der Waals surface area contributed by atoms with Gasteiger partial charge in [0.1, 0.15) is 5.75 Å². The third kappa shape index (κ3) is 4.03. The van der Waals surface area contributed by atoms with Crippen LogP contribution in [-0.4, -0.2) is 40.4 Å². The monoisotopic (exact) mass is 341 g/mol. The first-order valence-corrected chi connectivity index (χ1v) is 7.29. The van der Waals surface area contributed by atoms with Gasteiger partial charge in [-0.1, -0.05) is 17.3 Å². The predicted molar refractivity (Wildman–Crippen MR) is 75.1 cm³/mol. The number of rotatable bonds is 4. The van der Waals surface area contributed by atoms with Gasteiger partial charge in [-0.3, -0.25) is 4.79 Å². The van der Waals surface area contributed by atoms with E-state index in [1.165, 1.54) is 30.7 Å². The number of halogens is 3. The van der Waals surface area contributed by atoms with Gasteiger partial charge in [-0.05, 0) is 24.1 Å². The molecule has 24 heavy (non-hydrogen) atoms. The molecule has 2 heterocycles. The lowest BCUT2D eigenvalue weighted by Gasteiger charge is -2.16. The second-order valence-corrected chi connectivity index (χ2v) is 5.48. The minimum Gasteiger partial charge on any atom is -0.406 e. The molecular formula is C15H14F3N3O3. The summed E-state index contributed by atoms with van der Waals surface area (Å²) in [5.41, 5.74) is 0.623. The summed E-state index contributed by atoms with van der Waals surface area (Å²) in [5, 5.41) is 3.79. The third-order valence-corrected chi connectivity index (χ3v) is 3.80. The van der Waals surface area contributed by atoms with Crippen LogP contribution in [0.4, 0.5) is 13.2 Å². The highest BCUT2D eigenvalue weighted by atomic mass is 19.4. The van der Waals surface area contributed by atoms with Gasteiger partial charge in [0.25, 0.3) is 0 Å². The van der Waals surface area contributed by atoms with E-state index in [1.54, 1.807) is 4.90 Å². The Kier molecular flexibility index (Phi) is 4.41. The van der Waals surface area contributed by atoms with E-state index >= 15 is 0 Å². The van der Waals surface area contributed by atoms with Crippen molar-refractivity contribution in [3.63, 3.8) is 0 Å². The number of aromatic nitrogens is 2. The lowest BCUT2D eigenvalue weighted by atomic mass is 10.1. The maximum Gasteiger partial charge on any atom is 0.573 e. The maximum absolute atomic E-state index is 12.3. The Hall–Kier alpha value is -2.58. The highest BCUT2D eigenvalue weighted by Crippen LogP contribution is 2.26. The van der Waals surface area contributed by atoms with Crippen molar-refractivity contribution in [3.05, 3.63) is 42.0 Å². The fraction of sp³-hybridized carbons (Fsp3) is 0.400. The fourth-order valence-corrected chi connectivity index (χ4v) is 2.65. The lowest BCUT2D eigenvalue weighted by Crippen LogP contribution is -2.30. The highest BCUT2D eigenvalue weighted by Gasteiger charge is 2.31. The van der Waals surface area contributed by atoms with Crippen molar-refractivity contribution in [2.24, 2.45) is 0 Å². The average Bonchev–Trinajstić information content (AvgIpc) is 3.18. The molecule has 1 fully saturated rings. The van der Waals surface area contributed by atoms with Crippen molar-refractivity contribution >= 4 is 5.91 Å². The Morgan fingerprint density at radius 2 is 2.08 bits per heavy atom. The number of alkyl halides is 3. The number of amides is 1. The number of hydrogen-bond donors (Lipinski definition) is 0. The van der Waals surface area contributed by atoms with E-state index in [0.717, 1.165) is 6.42 Å². The molecule has 0 saturated carbocycles. The highest BCUT2D eigenvalue weighted by molar-refractivity contribution is 5.79. The van der Waals surface area contributed by atoms with E-state index in [2.05, 4.69) is 14.9 Å². The number of carbonyl (C=O) groups is 1. The summed E-state index contributed by atoms with van der Waals surface area (Å²) in [4.78, 5) is 18.0. The van der Waals surface area contributed by atoms with E-state index in [9.17, 15) is 18.0 Å². The van der Waals surface area contributed by atoms with Crippen LogP contribution in [0.5, 0.6) is 5.75 Å². The Morgan fingerprint density at radius 1 is 1.33 bits per heavy atom. The van der Waals surface area contributed by atoms with Crippen LogP contribution < -0.4 is 4.74 Å². The number of ether oxygens (including phenoxy) is 1. The van der Waals surface area contributed by atoms with Crippen molar-refractivity contribution in [1.82, 2.24) is 15.0 Å². The smallest absolute Gasteiger partial charge is 0.406 e. The first-order valence-electron chi connectivity index (χ1n) is 7.29. The molecule has 9 heteroatoms. The first kappa shape index (κ1) is 16.3. The van der Waals surface area contributed by atoms with E-state index in [4.69, 9.17) is 4.52 Å². The minimum atomic E-state index is -4.73. The number of carbonyl (C=O) groups excluding carboxylic acids is 1. The Morgan fingerprint density at radius 3 is 2.71 bits per heavy atom. The molecular weight excluding hydrogens is 327 g/mol. The second kappa shape index (κ2) is 6.50. The Bertz CT molecular complexity index is 686. The quantitative estimate of drug-likeness (QED) is 0.855. The van der Waals surface area contributed by atoms with Crippen LogP contribution in [0, 0.1) is 0 Å². The molecule has 3 rings (SSSR count). The van der Waals surface area contributed by atoms with E-state index in [0.29, 0.717) is 24.5 Å². The maximum atomic E-state index is 12.3. The van der Waals surface area contributed by atoms with Gasteiger partial charge >= 0.3 is 6.36 Å². The van der Waals surface area contributed by atoms with Gasteiger partial charge in [0, 0.05) is 19.0 Å². The zero-order valence-electron chi connectivity index (χ0n) is 12.5. The summed E-state index contributed by atoms with van der Waals surface area (Å²) < 4.78 is 44.8. The van der Waals surface area contributed by atoms with Gasteiger partial charge in [0.2, 0.25) is 12.3 Å². The predicted octanol–water partition coefficient (Wildman–Crippen LogP) is 2.53. The van der Waals surface area contributed by atoms with Crippen LogP contribution in [-0.2, 0) is 11.2 Å². The standard InChI is InChI=1S/C15H14F3N3O3/c16-15(17,18)24-12-3-1-10(2-4-12)7-13(22)21-6-5-11(8-21)14-19-9-23-20-14/h1-4,9,11H,5-8H2/t11-/m1/s1. The molecule has 2 aromatic rings. The van der Waals surface area contributed by atoms with Crippen LogP contribution in [0.3, 0.4) is 0 Å². The normalized spacial score (nSPS) is 18.0. The molecule has 6 nitrogen and oxygen atoms in total. The summed E-state index contributed by atoms with van der Waals surface area (Å²) in [5.74, 6) is 0.233. The first-order chi connectivity index (χ1) is 11.4. The summed E-state index contributed by atoms with van der Waals surface area (Å²) in [6.45, 7) is 1.10. The molecule has 0 bridgehead atoms. The number of nitrogens with zero attached hydrogens (tertiary/aromatic N) is 3. The van der Waals surface area contributed by atoms with Crippen molar-refractivity contribution in [1.29, 1.82) is 0 Å². The molecule has 1 aliphatic heterocycles. The van der Waals surface area contributed by atoms with E-state index < -0.39 is 6.36 Å². The fourth-order valence-electron chi connectivity index (χ4n) is 2.65. The average molecular weight is 341 g/mol. The molecule has 1 aliphatic rings. The van der Waals surface area contributed by atoms with Crippen LogP contribution in [0.1, 0.15) is 23.7 Å². The van der Waals surface area contributed by atoms with E-state index in [-0.39, 0.29) is 24.0 Å². The summed E-state index contributed by atoms with van der Waals surface area (Å²) in [6.07, 6.45) is -2.60. The molecule has 0 spiro atoms. The number of hydrogen-bond acceptors (Lipinski definition) is 5. The van der Waals surface area contributed by atoms with Crippen LogP contribution in [0.15, 0.2) is 35.2 Å². The third-order valence-electron chi connectivity index (χ3n) is 3.80. The topological polar surface area (TPSA) is 68.5 Å². The van der Waals surface area contributed by atoms with Gasteiger partial charge in [0.15, 0.2) is 5.82 Å². The van der Waals surface area contributed by atoms with Gasteiger partial charge in [-0.15, -0.1) is 13.2 Å². The van der Waals surface area contributed by atoms with Crippen molar-refractivity contribution < 1.29 is 27.2 Å². The van der Waals surface area contributed by atoms with Crippen molar-refractivity contribution in [3.8, 4) is 5.75 Å². The molecule has 0 unspecified atom stereocenters. The van der Waals surface area contributed by atoms with Crippen LogP contribution >= 0.6 is 0 Å². The SMILES string of the molecule is O=C(Cc1ccc(OC(F)(F)F)cc1)N1CC[C@@H](c2ncon2)C1.